The molecule has 110 valence electrons. The summed E-state index contributed by atoms with van der Waals surface area (Å²) in [6.07, 6.45) is 1.47. The number of anilines is 2. The minimum absolute atomic E-state index is 0.131. The van der Waals surface area contributed by atoms with Gasteiger partial charge in [-0.25, -0.2) is 18.5 Å². The Morgan fingerprint density at radius 2 is 1.86 bits per heavy atom. The molecule has 1 aromatic carbocycles. The minimum Gasteiger partial charge on any atom is -0.397 e. The number of hydrogen-bond acceptors (Lipinski definition) is 5. The van der Waals surface area contributed by atoms with Crippen molar-refractivity contribution in [2.24, 2.45) is 5.14 Å². The molecule has 0 atom stereocenters. The molecule has 21 heavy (non-hydrogen) atoms. The van der Waals surface area contributed by atoms with Gasteiger partial charge in [-0.15, -0.1) is 0 Å². The Labute approximate surface area is 122 Å². The lowest BCUT2D eigenvalue weighted by atomic mass is 10.2. The maximum absolute atomic E-state index is 12.0. The fraction of sp³-hybridized carbons (Fsp3) is 0.0769. The van der Waals surface area contributed by atoms with E-state index in [4.69, 9.17) is 10.9 Å². The van der Waals surface area contributed by atoms with Crippen molar-refractivity contribution in [3.8, 4) is 0 Å². The number of carbonyl (C=O) groups excluding carboxylic acids is 1. The zero-order valence-corrected chi connectivity index (χ0v) is 11.8. The van der Waals surface area contributed by atoms with E-state index in [9.17, 15) is 13.2 Å². The normalized spacial score (nSPS) is 11.1. The van der Waals surface area contributed by atoms with Crippen LogP contribution in [0.1, 0.15) is 16.1 Å². The molecule has 1 amide bonds. The number of benzene rings is 1. The van der Waals surface area contributed by atoms with Crippen LogP contribution in [0.5, 0.6) is 0 Å². The number of nitrogen functional groups attached to an aromatic ring is 1. The zero-order valence-electron chi connectivity index (χ0n) is 11.0. The van der Waals surface area contributed by atoms with E-state index < -0.39 is 15.9 Å². The van der Waals surface area contributed by atoms with E-state index in [1.165, 1.54) is 6.20 Å². The van der Waals surface area contributed by atoms with Gasteiger partial charge in [-0.05, 0) is 29.8 Å². The van der Waals surface area contributed by atoms with Gasteiger partial charge in [0.25, 0.3) is 5.91 Å². The number of aromatic nitrogens is 1. The Morgan fingerprint density at radius 1 is 1.19 bits per heavy atom. The second-order valence-corrected chi connectivity index (χ2v) is 6.01. The van der Waals surface area contributed by atoms with Gasteiger partial charge in [0, 0.05) is 11.9 Å². The summed E-state index contributed by atoms with van der Waals surface area (Å²) in [4.78, 5) is 15.9. The summed E-state index contributed by atoms with van der Waals surface area (Å²) in [5, 5.41) is 7.59. The third-order valence-electron chi connectivity index (χ3n) is 2.63. The molecule has 0 spiro atoms. The lowest BCUT2D eigenvalue weighted by Crippen LogP contribution is -2.16. The molecule has 0 aliphatic rings. The fourth-order valence-corrected chi connectivity index (χ4v) is 2.37. The van der Waals surface area contributed by atoms with E-state index in [0.717, 1.165) is 0 Å². The first-order valence-corrected chi connectivity index (χ1v) is 7.68. The number of hydrogen-bond donors (Lipinski definition) is 3. The summed E-state index contributed by atoms with van der Waals surface area (Å²) >= 11 is 0. The van der Waals surface area contributed by atoms with Crippen molar-refractivity contribution in [2.45, 2.75) is 5.75 Å². The maximum atomic E-state index is 12.0. The first-order valence-electron chi connectivity index (χ1n) is 5.96. The summed E-state index contributed by atoms with van der Waals surface area (Å²) < 4.78 is 21.9. The van der Waals surface area contributed by atoms with Crippen LogP contribution < -0.4 is 16.2 Å². The summed E-state index contributed by atoms with van der Waals surface area (Å²) in [6, 6.07) is 9.52. The number of sulfonamides is 1. The molecule has 8 heteroatoms. The van der Waals surface area contributed by atoms with Crippen LogP contribution in [0.4, 0.5) is 11.4 Å². The van der Waals surface area contributed by atoms with Gasteiger partial charge in [-0.3, -0.25) is 4.79 Å². The van der Waals surface area contributed by atoms with Crippen molar-refractivity contribution >= 4 is 27.3 Å². The molecule has 2 aromatic rings. The van der Waals surface area contributed by atoms with Crippen LogP contribution in [0.15, 0.2) is 42.6 Å². The molecule has 0 bridgehead atoms. The molecular weight excluding hydrogens is 292 g/mol. The summed E-state index contributed by atoms with van der Waals surface area (Å²) in [7, 11) is -3.58. The van der Waals surface area contributed by atoms with Crippen LogP contribution in [0.2, 0.25) is 0 Å². The number of amides is 1. The number of pyridine rings is 1. The molecule has 2 rings (SSSR count). The van der Waals surface area contributed by atoms with Crippen LogP contribution in [-0.2, 0) is 15.8 Å². The van der Waals surface area contributed by atoms with Crippen LogP contribution in [-0.4, -0.2) is 19.3 Å². The van der Waals surface area contributed by atoms with Crippen molar-refractivity contribution in [2.75, 3.05) is 11.1 Å². The molecule has 7 nitrogen and oxygen atoms in total. The SMILES string of the molecule is Nc1cccnc1C(=O)Nc1ccc(CS(N)(=O)=O)cc1. The Balaban J connectivity index is 2.10. The molecule has 0 saturated carbocycles. The van der Waals surface area contributed by atoms with E-state index in [2.05, 4.69) is 10.3 Å². The van der Waals surface area contributed by atoms with Crippen molar-refractivity contribution < 1.29 is 13.2 Å². The quantitative estimate of drug-likeness (QED) is 0.766. The maximum Gasteiger partial charge on any atom is 0.276 e. The third-order valence-corrected chi connectivity index (χ3v) is 3.37. The predicted octanol–water partition coefficient (Wildman–Crippen LogP) is 0.705. The first kappa shape index (κ1) is 14.9. The predicted molar refractivity (Wildman–Crippen MR) is 79.9 cm³/mol. The smallest absolute Gasteiger partial charge is 0.276 e. The lowest BCUT2D eigenvalue weighted by Gasteiger charge is -2.07. The average molecular weight is 306 g/mol. The number of nitrogens with two attached hydrogens (primary N) is 2. The van der Waals surface area contributed by atoms with E-state index in [-0.39, 0.29) is 17.1 Å². The number of nitrogens with one attached hydrogen (secondary N) is 1. The van der Waals surface area contributed by atoms with Crippen molar-refractivity contribution in [1.82, 2.24) is 4.98 Å². The van der Waals surface area contributed by atoms with Crippen LogP contribution in [0.3, 0.4) is 0 Å². The van der Waals surface area contributed by atoms with Crippen molar-refractivity contribution in [3.63, 3.8) is 0 Å². The van der Waals surface area contributed by atoms with Gasteiger partial charge in [-0.1, -0.05) is 12.1 Å². The number of rotatable bonds is 4. The fourth-order valence-electron chi connectivity index (χ4n) is 1.71. The number of nitrogens with zero attached hydrogens (tertiary/aromatic N) is 1. The summed E-state index contributed by atoms with van der Waals surface area (Å²) in [5.41, 5.74) is 7.11. The molecule has 5 N–H and O–H groups in total. The van der Waals surface area contributed by atoms with Gasteiger partial charge in [0.2, 0.25) is 10.0 Å². The molecule has 0 aliphatic carbocycles. The third kappa shape index (κ3) is 4.26. The average Bonchev–Trinajstić information content (AvgIpc) is 2.40. The van der Waals surface area contributed by atoms with Gasteiger partial charge >= 0.3 is 0 Å². The zero-order chi connectivity index (χ0) is 15.5. The number of carbonyl (C=O) groups is 1. The molecule has 1 aromatic heterocycles. The topological polar surface area (TPSA) is 128 Å². The Bertz CT molecular complexity index is 757. The summed E-state index contributed by atoms with van der Waals surface area (Å²) in [6.45, 7) is 0. The monoisotopic (exact) mass is 306 g/mol. The molecule has 0 unspecified atom stereocenters. The Morgan fingerprint density at radius 3 is 2.43 bits per heavy atom. The summed E-state index contributed by atoms with van der Waals surface area (Å²) in [5.74, 6) is -0.693. The van der Waals surface area contributed by atoms with Gasteiger partial charge in [0.15, 0.2) is 5.69 Å². The highest BCUT2D eigenvalue weighted by molar-refractivity contribution is 7.88. The molecule has 0 fully saturated rings. The first-order chi connectivity index (χ1) is 9.85. The molecular formula is C13H14N4O3S. The lowest BCUT2D eigenvalue weighted by molar-refractivity contribution is 0.102. The standard InChI is InChI=1S/C13H14N4O3S/c14-11-2-1-7-16-12(11)13(18)17-10-5-3-9(4-6-10)8-21(15,19)20/h1-7H,8,14H2,(H,17,18)(H2,15,19,20). The molecule has 1 heterocycles. The van der Waals surface area contributed by atoms with Gasteiger partial charge < -0.3 is 11.1 Å². The number of primary sulfonamides is 1. The molecule has 0 saturated heterocycles. The largest absolute Gasteiger partial charge is 0.397 e. The highest BCUT2D eigenvalue weighted by Gasteiger charge is 2.11. The van der Waals surface area contributed by atoms with Gasteiger partial charge in [0.1, 0.15) is 0 Å². The Hall–Kier alpha value is -2.45. The minimum atomic E-state index is -3.58. The van der Waals surface area contributed by atoms with Crippen molar-refractivity contribution in [3.05, 3.63) is 53.9 Å². The van der Waals surface area contributed by atoms with Crippen LogP contribution >= 0.6 is 0 Å². The van der Waals surface area contributed by atoms with E-state index in [1.54, 1.807) is 36.4 Å². The molecule has 0 aliphatic heterocycles. The van der Waals surface area contributed by atoms with Crippen LogP contribution in [0.25, 0.3) is 0 Å². The van der Waals surface area contributed by atoms with E-state index in [1.807, 2.05) is 0 Å². The Kier molecular flexibility index (Phi) is 4.20. The van der Waals surface area contributed by atoms with Gasteiger partial charge in [0.05, 0.1) is 11.4 Å². The van der Waals surface area contributed by atoms with E-state index in [0.29, 0.717) is 11.3 Å². The second kappa shape index (κ2) is 5.90. The highest BCUT2D eigenvalue weighted by atomic mass is 32.2. The molecule has 0 radical (unpaired) electrons. The van der Waals surface area contributed by atoms with Crippen molar-refractivity contribution in [1.29, 1.82) is 0 Å². The van der Waals surface area contributed by atoms with Gasteiger partial charge in [-0.2, -0.15) is 0 Å². The van der Waals surface area contributed by atoms with Crippen LogP contribution in [0, 0.1) is 0 Å². The second-order valence-electron chi connectivity index (χ2n) is 4.40. The highest BCUT2D eigenvalue weighted by Crippen LogP contribution is 2.14. The van der Waals surface area contributed by atoms with E-state index >= 15 is 0 Å².